The van der Waals surface area contributed by atoms with Gasteiger partial charge in [0.2, 0.25) is 0 Å². The van der Waals surface area contributed by atoms with Gasteiger partial charge in [-0.15, -0.1) is 0 Å². The SMILES string of the molecule is Cc1ccc(C)c(CCSCCC(=O)O)c1. The van der Waals surface area contributed by atoms with Crippen LogP contribution in [0.5, 0.6) is 0 Å². The minimum Gasteiger partial charge on any atom is -0.481 e. The number of carbonyl (C=O) groups is 1. The maximum Gasteiger partial charge on any atom is 0.304 e. The van der Waals surface area contributed by atoms with Crippen molar-refractivity contribution in [1.82, 2.24) is 0 Å². The molecular formula is C13H18O2S. The van der Waals surface area contributed by atoms with Gasteiger partial charge >= 0.3 is 5.97 Å². The van der Waals surface area contributed by atoms with Crippen LogP contribution < -0.4 is 0 Å². The first-order valence-corrected chi connectivity index (χ1v) is 6.60. The fraction of sp³-hybridized carbons (Fsp3) is 0.462. The Morgan fingerprint density at radius 1 is 1.31 bits per heavy atom. The van der Waals surface area contributed by atoms with Crippen molar-refractivity contribution in [2.45, 2.75) is 26.7 Å². The lowest BCUT2D eigenvalue weighted by Gasteiger charge is -2.06. The molecule has 0 atom stereocenters. The van der Waals surface area contributed by atoms with Crippen molar-refractivity contribution in [2.24, 2.45) is 0 Å². The molecule has 0 saturated carbocycles. The van der Waals surface area contributed by atoms with Crippen molar-refractivity contribution in [1.29, 1.82) is 0 Å². The summed E-state index contributed by atoms with van der Waals surface area (Å²) in [5.41, 5.74) is 3.99. The molecule has 1 N–H and O–H groups in total. The average Bonchev–Trinajstić information content (AvgIpc) is 2.22. The third-order valence-electron chi connectivity index (χ3n) is 2.48. The van der Waals surface area contributed by atoms with Crippen molar-refractivity contribution in [3.8, 4) is 0 Å². The minimum absolute atomic E-state index is 0.261. The molecule has 1 aromatic carbocycles. The summed E-state index contributed by atoms with van der Waals surface area (Å²) >= 11 is 1.71. The fourth-order valence-corrected chi connectivity index (χ4v) is 2.40. The van der Waals surface area contributed by atoms with Crippen LogP contribution >= 0.6 is 11.8 Å². The second kappa shape index (κ2) is 6.59. The molecule has 0 aromatic heterocycles. The number of rotatable bonds is 6. The van der Waals surface area contributed by atoms with E-state index in [0.29, 0.717) is 5.75 Å². The zero-order valence-corrected chi connectivity index (χ0v) is 10.6. The van der Waals surface area contributed by atoms with Gasteiger partial charge in [0.25, 0.3) is 0 Å². The summed E-state index contributed by atoms with van der Waals surface area (Å²) in [6, 6.07) is 6.48. The van der Waals surface area contributed by atoms with Crippen LogP contribution in [0.4, 0.5) is 0 Å². The third-order valence-corrected chi connectivity index (χ3v) is 3.47. The van der Waals surface area contributed by atoms with E-state index in [2.05, 4.69) is 32.0 Å². The summed E-state index contributed by atoms with van der Waals surface area (Å²) < 4.78 is 0. The highest BCUT2D eigenvalue weighted by molar-refractivity contribution is 7.99. The number of carboxylic acids is 1. The van der Waals surface area contributed by atoms with E-state index in [1.54, 1.807) is 11.8 Å². The molecule has 0 aliphatic heterocycles. The van der Waals surface area contributed by atoms with Gasteiger partial charge in [0.15, 0.2) is 0 Å². The predicted octanol–water partition coefficient (Wildman–Crippen LogP) is 3.05. The van der Waals surface area contributed by atoms with E-state index in [0.717, 1.165) is 12.2 Å². The Morgan fingerprint density at radius 3 is 2.75 bits per heavy atom. The molecule has 0 heterocycles. The summed E-state index contributed by atoms with van der Waals surface area (Å²) in [6.45, 7) is 4.22. The average molecular weight is 238 g/mol. The largest absolute Gasteiger partial charge is 0.481 e. The quantitative estimate of drug-likeness (QED) is 0.774. The number of thioether (sulfide) groups is 1. The molecule has 0 saturated heterocycles. The van der Waals surface area contributed by atoms with Crippen molar-refractivity contribution in [3.63, 3.8) is 0 Å². The standard InChI is InChI=1S/C13H18O2S/c1-10-3-4-11(2)12(9-10)5-7-16-8-6-13(14)15/h3-4,9H,5-8H2,1-2H3,(H,14,15). The fourth-order valence-electron chi connectivity index (χ4n) is 1.51. The lowest BCUT2D eigenvalue weighted by Crippen LogP contribution is -1.98. The monoisotopic (exact) mass is 238 g/mol. The summed E-state index contributed by atoms with van der Waals surface area (Å²) in [4.78, 5) is 10.3. The minimum atomic E-state index is -0.709. The van der Waals surface area contributed by atoms with Gasteiger partial charge < -0.3 is 5.11 Å². The molecule has 3 heteroatoms. The molecule has 0 fully saturated rings. The van der Waals surface area contributed by atoms with Gasteiger partial charge in [-0.3, -0.25) is 4.79 Å². The van der Waals surface area contributed by atoms with E-state index in [4.69, 9.17) is 5.11 Å². The number of carboxylic acid groups (broad SMARTS) is 1. The van der Waals surface area contributed by atoms with Crippen LogP contribution in [-0.4, -0.2) is 22.6 Å². The van der Waals surface area contributed by atoms with Crippen LogP contribution in [0.25, 0.3) is 0 Å². The molecule has 16 heavy (non-hydrogen) atoms. The third kappa shape index (κ3) is 4.71. The van der Waals surface area contributed by atoms with E-state index in [1.165, 1.54) is 16.7 Å². The summed E-state index contributed by atoms with van der Waals surface area (Å²) in [5, 5.41) is 8.50. The Balaban J connectivity index is 2.31. The zero-order valence-electron chi connectivity index (χ0n) is 9.82. The second-order valence-corrected chi connectivity index (χ2v) is 5.16. The van der Waals surface area contributed by atoms with Crippen LogP contribution in [-0.2, 0) is 11.2 Å². The molecule has 0 unspecified atom stereocenters. The Bertz CT molecular complexity index is 361. The lowest BCUT2D eigenvalue weighted by atomic mass is 10.0. The Morgan fingerprint density at radius 2 is 2.06 bits per heavy atom. The van der Waals surface area contributed by atoms with Crippen LogP contribution in [0.3, 0.4) is 0 Å². The van der Waals surface area contributed by atoms with Gasteiger partial charge in [0.05, 0.1) is 6.42 Å². The molecule has 1 rings (SSSR count). The van der Waals surface area contributed by atoms with Crippen molar-refractivity contribution >= 4 is 17.7 Å². The molecule has 0 aliphatic carbocycles. The molecule has 0 radical (unpaired) electrons. The van der Waals surface area contributed by atoms with Gasteiger partial charge in [-0.05, 0) is 37.1 Å². The number of aliphatic carboxylic acids is 1. The summed E-state index contributed by atoms with van der Waals surface area (Å²) in [6.07, 6.45) is 1.29. The summed E-state index contributed by atoms with van der Waals surface area (Å²) in [5.74, 6) is 0.997. The summed E-state index contributed by atoms with van der Waals surface area (Å²) in [7, 11) is 0. The maximum absolute atomic E-state index is 10.3. The van der Waals surface area contributed by atoms with Crippen LogP contribution in [0.2, 0.25) is 0 Å². The van der Waals surface area contributed by atoms with Gasteiger partial charge in [-0.1, -0.05) is 23.8 Å². The van der Waals surface area contributed by atoms with Gasteiger partial charge in [-0.2, -0.15) is 11.8 Å². The first kappa shape index (κ1) is 13.1. The lowest BCUT2D eigenvalue weighted by molar-refractivity contribution is -0.136. The van der Waals surface area contributed by atoms with Gasteiger partial charge in [-0.25, -0.2) is 0 Å². The molecule has 0 bridgehead atoms. The molecule has 2 nitrogen and oxygen atoms in total. The second-order valence-electron chi connectivity index (χ2n) is 3.94. The van der Waals surface area contributed by atoms with Gasteiger partial charge in [0, 0.05) is 5.75 Å². The van der Waals surface area contributed by atoms with Crippen LogP contribution in [0.15, 0.2) is 18.2 Å². The highest BCUT2D eigenvalue weighted by Crippen LogP contribution is 2.14. The molecule has 88 valence electrons. The van der Waals surface area contributed by atoms with Crippen LogP contribution in [0.1, 0.15) is 23.1 Å². The van der Waals surface area contributed by atoms with Crippen molar-refractivity contribution in [2.75, 3.05) is 11.5 Å². The van der Waals surface area contributed by atoms with E-state index in [9.17, 15) is 4.79 Å². The first-order chi connectivity index (χ1) is 7.59. The molecule has 1 aromatic rings. The Kier molecular flexibility index (Phi) is 5.39. The molecule has 0 amide bonds. The predicted molar refractivity (Wildman–Crippen MR) is 69.2 cm³/mol. The van der Waals surface area contributed by atoms with Crippen molar-refractivity contribution < 1.29 is 9.90 Å². The van der Waals surface area contributed by atoms with Crippen molar-refractivity contribution in [3.05, 3.63) is 34.9 Å². The zero-order chi connectivity index (χ0) is 12.0. The highest BCUT2D eigenvalue weighted by Gasteiger charge is 2.00. The van der Waals surface area contributed by atoms with Crippen LogP contribution in [0, 0.1) is 13.8 Å². The molecular weight excluding hydrogens is 220 g/mol. The topological polar surface area (TPSA) is 37.3 Å². The highest BCUT2D eigenvalue weighted by atomic mass is 32.2. The van der Waals surface area contributed by atoms with E-state index < -0.39 is 5.97 Å². The normalized spacial score (nSPS) is 10.4. The number of hydrogen-bond acceptors (Lipinski definition) is 2. The first-order valence-electron chi connectivity index (χ1n) is 5.45. The van der Waals surface area contributed by atoms with E-state index in [1.807, 2.05) is 0 Å². The smallest absolute Gasteiger partial charge is 0.304 e. The maximum atomic E-state index is 10.3. The Labute approximate surface area is 101 Å². The number of hydrogen-bond donors (Lipinski definition) is 1. The Hall–Kier alpha value is -0.960. The van der Waals surface area contributed by atoms with E-state index >= 15 is 0 Å². The number of benzene rings is 1. The number of aryl methyl sites for hydroxylation is 3. The van der Waals surface area contributed by atoms with Gasteiger partial charge in [0.1, 0.15) is 0 Å². The molecule has 0 spiro atoms. The van der Waals surface area contributed by atoms with E-state index in [-0.39, 0.29) is 6.42 Å². The molecule has 0 aliphatic rings.